The largest absolute Gasteiger partial charge is 0.157 e. The zero-order valence-corrected chi connectivity index (χ0v) is 8.26. The van der Waals surface area contributed by atoms with Crippen LogP contribution in [0.3, 0.4) is 0 Å². The fourth-order valence-corrected chi connectivity index (χ4v) is 1.48. The maximum atomic E-state index is 5.98. The lowest BCUT2D eigenvalue weighted by Crippen LogP contribution is -1.87. The van der Waals surface area contributed by atoms with Gasteiger partial charge in [0, 0.05) is 5.39 Å². The first-order chi connectivity index (χ1) is 6.18. The lowest BCUT2D eigenvalue weighted by Gasteiger charge is -2.03. The highest BCUT2D eigenvalue weighted by Crippen LogP contribution is 2.23. The molecule has 0 bridgehead atoms. The second-order valence-electron chi connectivity index (χ2n) is 3.15. The van der Waals surface area contributed by atoms with Crippen molar-refractivity contribution >= 4 is 22.5 Å². The van der Waals surface area contributed by atoms with E-state index in [9.17, 15) is 0 Å². The van der Waals surface area contributed by atoms with Crippen LogP contribution in [0, 0.1) is 13.8 Å². The molecule has 1 heterocycles. The van der Waals surface area contributed by atoms with Crippen LogP contribution in [0.25, 0.3) is 10.9 Å². The zero-order valence-electron chi connectivity index (χ0n) is 7.50. The Balaban J connectivity index is 2.89. The maximum absolute atomic E-state index is 5.98. The fourth-order valence-electron chi connectivity index (χ4n) is 1.29. The van der Waals surface area contributed by atoms with E-state index >= 15 is 0 Å². The van der Waals surface area contributed by atoms with E-state index < -0.39 is 0 Å². The Hall–Kier alpha value is -1.15. The highest BCUT2D eigenvalue weighted by molar-refractivity contribution is 6.35. The van der Waals surface area contributed by atoms with Gasteiger partial charge in [0.25, 0.3) is 0 Å². The third kappa shape index (κ3) is 1.38. The first-order valence-corrected chi connectivity index (χ1v) is 4.44. The minimum absolute atomic E-state index is 0.660. The van der Waals surface area contributed by atoms with Gasteiger partial charge in [0.15, 0.2) is 0 Å². The number of nitrogens with zero attached hydrogens (tertiary/aromatic N) is 2. The summed E-state index contributed by atoms with van der Waals surface area (Å²) in [6, 6.07) is 4.05. The van der Waals surface area contributed by atoms with E-state index in [1.54, 1.807) is 6.20 Å². The Kier molecular flexibility index (Phi) is 1.93. The minimum atomic E-state index is 0.660. The van der Waals surface area contributed by atoms with Gasteiger partial charge in [-0.1, -0.05) is 11.6 Å². The molecule has 0 N–H and O–H groups in total. The molecule has 0 saturated carbocycles. The molecule has 1 aromatic heterocycles. The lowest BCUT2D eigenvalue weighted by molar-refractivity contribution is 1.07. The van der Waals surface area contributed by atoms with Crippen molar-refractivity contribution in [2.45, 2.75) is 13.8 Å². The molecular formula is C10H9ClN2. The Morgan fingerprint density at radius 1 is 1.15 bits per heavy atom. The third-order valence-electron chi connectivity index (χ3n) is 2.21. The predicted molar refractivity (Wildman–Crippen MR) is 54.0 cm³/mol. The van der Waals surface area contributed by atoms with E-state index in [1.165, 1.54) is 11.1 Å². The molecule has 0 radical (unpaired) electrons. The van der Waals surface area contributed by atoms with E-state index in [1.807, 2.05) is 12.1 Å². The molecule has 0 unspecified atom stereocenters. The molecule has 1 aromatic carbocycles. The molecule has 0 fully saturated rings. The summed E-state index contributed by atoms with van der Waals surface area (Å²) in [5.41, 5.74) is 3.29. The summed E-state index contributed by atoms with van der Waals surface area (Å²) in [4.78, 5) is 0. The van der Waals surface area contributed by atoms with Gasteiger partial charge in [0.1, 0.15) is 0 Å². The van der Waals surface area contributed by atoms with E-state index in [-0.39, 0.29) is 0 Å². The van der Waals surface area contributed by atoms with Gasteiger partial charge in [-0.2, -0.15) is 10.2 Å². The van der Waals surface area contributed by atoms with Gasteiger partial charge >= 0.3 is 0 Å². The molecule has 0 aliphatic heterocycles. The molecule has 2 aromatic rings. The van der Waals surface area contributed by atoms with Crippen LogP contribution < -0.4 is 0 Å². The SMILES string of the molecule is Cc1cc2nncc(Cl)c2cc1C. The maximum Gasteiger partial charge on any atom is 0.0947 e. The third-order valence-corrected chi connectivity index (χ3v) is 2.51. The average Bonchev–Trinajstić information content (AvgIpc) is 2.09. The molecular weight excluding hydrogens is 184 g/mol. The number of halogens is 1. The Morgan fingerprint density at radius 3 is 2.62 bits per heavy atom. The molecule has 0 amide bonds. The first kappa shape index (κ1) is 8.45. The highest BCUT2D eigenvalue weighted by atomic mass is 35.5. The van der Waals surface area contributed by atoms with Crippen molar-refractivity contribution in [1.29, 1.82) is 0 Å². The minimum Gasteiger partial charge on any atom is -0.157 e. The number of rotatable bonds is 0. The summed E-state index contributed by atoms with van der Waals surface area (Å²) in [6.07, 6.45) is 1.57. The van der Waals surface area contributed by atoms with Gasteiger partial charge in [-0.3, -0.25) is 0 Å². The van der Waals surface area contributed by atoms with Crippen molar-refractivity contribution in [1.82, 2.24) is 10.2 Å². The number of hydrogen-bond donors (Lipinski definition) is 0. The highest BCUT2D eigenvalue weighted by Gasteiger charge is 2.02. The molecule has 2 nitrogen and oxygen atoms in total. The quantitative estimate of drug-likeness (QED) is 0.642. The summed E-state index contributed by atoms with van der Waals surface area (Å²) < 4.78 is 0. The van der Waals surface area contributed by atoms with E-state index in [0.29, 0.717) is 5.02 Å². The molecule has 66 valence electrons. The van der Waals surface area contributed by atoms with E-state index in [2.05, 4.69) is 24.0 Å². The van der Waals surface area contributed by atoms with E-state index in [4.69, 9.17) is 11.6 Å². The lowest BCUT2D eigenvalue weighted by atomic mass is 10.1. The van der Waals surface area contributed by atoms with Gasteiger partial charge in [-0.05, 0) is 37.1 Å². The Bertz CT molecular complexity index is 466. The van der Waals surface area contributed by atoms with Crippen LogP contribution in [0.4, 0.5) is 0 Å². The van der Waals surface area contributed by atoms with Crippen molar-refractivity contribution in [3.8, 4) is 0 Å². The van der Waals surface area contributed by atoms with Gasteiger partial charge in [-0.15, -0.1) is 0 Å². The summed E-state index contributed by atoms with van der Waals surface area (Å²) in [5, 5.41) is 9.44. The molecule has 0 atom stereocenters. The molecule has 0 aliphatic carbocycles. The van der Waals surface area contributed by atoms with Crippen LogP contribution in [0.15, 0.2) is 18.3 Å². The van der Waals surface area contributed by atoms with Crippen LogP contribution in [0.5, 0.6) is 0 Å². The van der Waals surface area contributed by atoms with Crippen LogP contribution in [0.2, 0.25) is 5.02 Å². The first-order valence-electron chi connectivity index (χ1n) is 4.06. The smallest absolute Gasteiger partial charge is 0.0947 e. The van der Waals surface area contributed by atoms with Gasteiger partial charge in [0.05, 0.1) is 16.7 Å². The van der Waals surface area contributed by atoms with Crippen molar-refractivity contribution in [3.63, 3.8) is 0 Å². The monoisotopic (exact) mass is 192 g/mol. The summed E-state index contributed by atoms with van der Waals surface area (Å²) >= 11 is 5.98. The predicted octanol–water partition coefficient (Wildman–Crippen LogP) is 2.90. The number of benzene rings is 1. The normalized spacial score (nSPS) is 10.7. The molecule has 0 aliphatic rings. The van der Waals surface area contributed by atoms with Gasteiger partial charge < -0.3 is 0 Å². The summed E-state index contributed by atoms with van der Waals surface area (Å²) in [6.45, 7) is 4.11. The summed E-state index contributed by atoms with van der Waals surface area (Å²) in [5.74, 6) is 0. The van der Waals surface area contributed by atoms with Gasteiger partial charge in [0.2, 0.25) is 0 Å². The van der Waals surface area contributed by atoms with Crippen LogP contribution >= 0.6 is 11.6 Å². The molecule has 0 spiro atoms. The number of aromatic nitrogens is 2. The molecule has 0 saturated heterocycles. The fraction of sp³-hybridized carbons (Fsp3) is 0.200. The average molecular weight is 193 g/mol. The Labute approximate surface area is 81.6 Å². The number of hydrogen-bond acceptors (Lipinski definition) is 2. The van der Waals surface area contributed by atoms with Gasteiger partial charge in [-0.25, -0.2) is 0 Å². The number of fused-ring (bicyclic) bond motifs is 1. The van der Waals surface area contributed by atoms with Crippen LogP contribution in [-0.2, 0) is 0 Å². The van der Waals surface area contributed by atoms with Crippen molar-refractivity contribution in [2.24, 2.45) is 0 Å². The van der Waals surface area contributed by atoms with E-state index in [0.717, 1.165) is 10.9 Å². The van der Waals surface area contributed by atoms with Crippen molar-refractivity contribution in [2.75, 3.05) is 0 Å². The zero-order chi connectivity index (χ0) is 9.42. The molecule has 2 rings (SSSR count). The molecule has 3 heteroatoms. The van der Waals surface area contributed by atoms with Crippen molar-refractivity contribution in [3.05, 3.63) is 34.5 Å². The summed E-state index contributed by atoms with van der Waals surface area (Å²) in [7, 11) is 0. The van der Waals surface area contributed by atoms with Crippen LogP contribution in [0.1, 0.15) is 11.1 Å². The van der Waals surface area contributed by atoms with Crippen molar-refractivity contribution < 1.29 is 0 Å². The topological polar surface area (TPSA) is 25.8 Å². The number of aryl methyl sites for hydroxylation is 2. The Morgan fingerprint density at radius 2 is 1.85 bits per heavy atom. The van der Waals surface area contributed by atoms with Crippen LogP contribution in [-0.4, -0.2) is 10.2 Å². The second-order valence-corrected chi connectivity index (χ2v) is 3.55. The second kappa shape index (κ2) is 2.96. The molecule has 13 heavy (non-hydrogen) atoms. The standard InChI is InChI=1S/C10H9ClN2/c1-6-3-8-9(11)5-12-13-10(8)4-7(6)2/h3-5H,1-2H3.